The Kier molecular flexibility index (Phi) is 7.40. The van der Waals surface area contributed by atoms with Crippen LogP contribution in [0.3, 0.4) is 0 Å². The van der Waals surface area contributed by atoms with E-state index in [0.717, 1.165) is 36.1 Å². The normalized spacial score (nSPS) is 11.0. The van der Waals surface area contributed by atoms with Crippen LogP contribution in [0.25, 0.3) is 22.2 Å². The Bertz CT molecular complexity index is 1690. The molecule has 3 aromatic heterocycles. The van der Waals surface area contributed by atoms with Gasteiger partial charge in [-0.1, -0.05) is 12.1 Å². The highest BCUT2D eigenvalue weighted by Crippen LogP contribution is 2.28. The number of anilines is 2. The Morgan fingerprint density at radius 3 is 2.74 bits per heavy atom. The first-order valence-electron chi connectivity index (χ1n) is 12.7. The lowest BCUT2D eigenvalue weighted by Crippen LogP contribution is -2.20. The fourth-order valence-electron chi connectivity index (χ4n) is 4.43. The third-order valence-corrected chi connectivity index (χ3v) is 6.57. The molecule has 0 unspecified atom stereocenters. The fraction of sp³-hybridized carbons (Fsp3) is 0.200. The minimum Gasteiger partial charge on any atom is -0.508 e. The molecule has 5 rings (SSSR count). The van der Waals surface area contributed by atoms with Crippen molar-refractivity contribution in [2.45, 2.75) is 26.2 Å². The van der Waals surface area contributed by atoms with E-state index in [2.05, 4.69) is 20.6 Å². The molecule has 39 heavy (non-hydrogen) atoms. The highest BCUT2D eigenvalue weighted by molar-refractivity contribution is 6.04. The zero-order valence-electron chi connectivity index (χ0n) is 21.8. The molecule has 0 fully saturated rings. The van der Waals surface area contributed by atoms with E-state index in [1.807, 2.05) is 37.3 Å². The molecule has 0 bridgehead atoms. The highest BCUT2D eigenvalue weighted by atomic mass is 16.3. The monoisotopic (exact) mass is 523 g/mol. The molecule has 0 aliphatic carbocycles. The molecule has 9 nitrogen and oxygen atoms in total. The van der Waals surface area contributed by atoms with Crippen LogP contribution in [0, 0.1) is 6.92 Å². The molecular formula is C30H29N5O4. The van der Waals surface area contributed by atoms with Gasteiger partial charge in [-0.3, -0.25) is 9.59 Å². The number of nitrogens with zero attached hydrogens (tertiary/aromatic N) is 3. The Hall–Kier alpha value is -4.92. The summed E-state index contributed by atoms with van der Waals surface area (Å²) in [4.78, 5) is 34.9. The maximum atomic E-state index is 13.3. The lowest BCUT2D eigenvalue weighted by molar-refractivity contribution is 0.102. The quantitative estimate of drug-likeness (QED) is 0.224. The Morgan fingerprint density at radius 1 is 1.08 bits per heavy atom. The van der Waals surface area contributed by atoms with Gasteiger partial charge in [0, 0.05) is 48.4 Å². The van der Waals surface area contributed by atoms with Crippen molar-refractivity contribution in [1.82, 2.24) is 14.5 Å². The number of unbranched alkanes of at least 4 members (excludes halogenated alkanes) is 1. The van der Waals surface area contributed by atoms with E-state index in [0.29, 0.717) is 40.3 Å². The molecule has 0 radical (unpaired) electrons. The van der Waals surface area contributed by atoms with Gasteiger partial charge >= 0.3 is 0 Å². The number of carbonyl (C=O) groups is 1. The number of hydrogen-bond acceptors (Lipinski definition) is 7. The molecule has 9 heteroatoms. The first-order chi connectivity index (χ1) is 18.9. The molecule has 0 spiro atoms. The number of aromatic nitrogens is 3. The Labute approximate surface area is 225 Å². The molecule has 3 heterocycles. The van der Waals surface area contributed by atoms with Crippen LogP contribution in [-0.4, -0.2) is 32.1 Å². The van der Waals surface area contributed by atoms with Crippen LogP contribution >= 0.6 is 0 Å². The molecule has 0 saturated carbocycles. The van der Waals surface area contributed by atoms with Crippen LogP contribution in [0.15, 0.2) is 82.3 Å². The van der Waals surface area contributed by atoms with Crippen molar-refractivity contribution in [2.75, 3.05) is 17.2 Å². The smallest absolute Gasteiger partial charge is 0.277 e. The summed E-state index contributed by atoms with van der Waals surface area (Å²) in [6.45, 7) is 2.63. The van der Waals surface area contributed by atoms with Gasteiger partial charge in [-0.15, -0.1) is 0 Å². The van der Waals surface area contributed by atoms with E-state index in [4.69, 9.17) is 4.42 Å². The summed E-state index contributed by atoms with van der Waals surface area (Å²) in [6.07, 6.45) is 6.08. The molecule has 3 N–H and O–H groups in total. The Balaban J connectivity index is 1.34. The number of carbonyl (C=O) groups excluding carboxylic acids is 1. The number of amides is 1. The molecule has 0 aliphatic heterocycles. The van der Waals surface area contributed by atoms with Crippen molar-refractivity contribution in [3.63, 3.8) is 0 Å². The van der Waals surface area contributed by atoms with Crippen molar-refractivity contribution in [1.29, 1.82) is 0 Å². The molecule has 5 aromatic rings. The molecule has 0 atom stereocenters. The third-order valence-electron chi connectivity index (χ3n) is 6.57. The van der Waals surface area contributed by atoms with Gasteiger partial charge in [-0.2, -0.15) is 0 Å². The van der Waals surface area contributed by atoms with Crippen molar-refractivity contribution in [3.8, 4) is 17.0 Å². The van der Waals surface area contributed by atoms with Gasteiger partial charge in [-0.25, -0.2) is 9.97 Å². The average molecular weight is 524 g/mol. The summed E-state index contributed by atoms with van der Waals surface area (Å²) in [5.41, 5.74) is 3.42. The summed E-state index contributed by atoms with van der Waals surface area (Å²) in [5.74, 6) is 1.06. The average Bonchev–Trinajstić information content (AvgIpc) is 3.45. The predicted molar refractivity (Wildman–Crippen MR) is 151 cm³/mol. The second-order valence-corrected chi connectivity index (χ2v) is 9.39. The van der Waals surface area contributed by atoms with Crippen LogP contribution in [-0.2, 0) is 13.5 Å². The van der Waals surface area contributed by atoms with Crippen molar-refractivity contribution >= 4 is 28.4 Å². The maximum absolute atomic E-state index is 13.3. The number of fused-ring (bicyclic) bond motifs is 1. The van der Waals surface area contributed by atoms with Crippen molar-refractivity contribution in [3.05, 3.63) is 100 Å². The van der Waals surface area contributed by atoms with Gasteiger partial charge in [0.15, 0.2) is 0 Å². The number of pyridine rings is 1. The lowest BCUT2D eigenvalue weighted by atomic mass is 10.0. The number of aryl methyl sites for hydroxylation is 2. The largest absolute Gasteiger partial charge is 0.508 e. The number of benzene rings is 2. The van der Waals surface area contributed by atoms with Crippen LogP contribution in [0.4, 0.5) is 11.6 Å². The van der Waals surface area contributed by atoms with Gasteiger partial charge in [-0.05, 0) is 73.9 Å². The molecule has 0 aliphatic rings. The number of aromatic hydroxyl groups is 1. The number of nitrogens with one attached hydrogen (secondary N) is 2. The topological polar surface area (TPSA) is 122 Å². The van der Waals surface area contributed by atoms with Gasteiger partial charge < -0.3 is 24.7 Å². The van der Waals surface area contributed by atoms with Gasteiger partial charge in [0.25, 0.3) is 11.5 Å². The van der Waals surface area contributed by atoms with E-state index in [1.165, 1.54) is 12.1 Å². The SMILES string of the molecule is Cc1ccc(NC(=O)c2cccc(O)c2)cc1-c1cc2cnc(NCCCCc3ccco3)nc2c(=O)n1C. The summed E-state index contributed by atoms with van der Waals surface area (Å²) in [6, 6.07) is 17.4. The molecular weight excluding hydrogens is 494 g/mol. The first-order valence-corrected chi connectivity index (χ1v) is 12.7. The summed E-state index contributed by atoms with van der Waals surface area (Å²) in [5, 5.41) is 16.4. The zero-order chi connectivity index (χ0) is 27.4. The van der Waals surface area contributed by atoms with E-state index < -0.39 is 0 Å². The number of rotatable bonds is 9. The Morgan fingerprint density at radius 2 is 1.95 bits per heavy atom. The molecule has 0 saturated heterocycles. The minimum atomic E-state index is -0.345. The zero-order valence-corrected chi connectivity index (χ0v) is 21.8. The second kappa shape index (κ2) is 11.2. The predicted octanol–water partition coefficient (Wildman–Crippen LogP) is 5.29. The summed E-state index contributed by atoms with van der Waals surface area (Å²) in [7, 11) is 1.71. The fourth-order valence-corrected chi connectivity index (χ4v) is 4.43. The second-order valence-electron chi connectivity index (χ2n) is 9.39. The number of hydrogen-bond donors (Lipinski definition) is 3. The van der Waals surface area contributed by atoms with E-state index in [9.17, 15) is 14.7 Å². The lowest BCUT2D eigenvalue weighted by Gasteiger charge is -2.15. The number of phenols is 1. The van der Waals surface area contributed by atoms with Crippen molar-refractivity contribution in [2.24, 2.45) is 7.05 Å². The van der Waals surface area contributed by atoms with Crippen LogP contribution in [0.2, 0.25) is 0 Å². The van der Waals surface area contributed by atoms with E-state index in [-0.39, 0.29) is 17.2 Å². The van der Waals surface area contributed by atoms with Crippen LogP contribution < -0.4 is 16.2 Å². The van der Waals surface area contributed by atoms with Gasteiger partial charge in [0.1, 0.15) is 17.0 Å². The first kappa shape index (κ1) is 25.7. The summed E-state index contributed by atoms with van der Waals surface area (Å²) < 4.78 is 6.92. The van der Waals surface area contributed by atoms with E-state index >= 15 is 0 Å². The number of furan rings is 1. The maximum Gasteiger partial charge on any atom is 0.277 e. The van der Waals surface area contributed by atoms with Crippen LogP contribution in [0.5, 0.6) is 5.75 Å². The third kappa shape index (κ3) is 5.82. The van der Waals surface area contributed by atoms with Gasteiger partial charge in [0.2, 0.25) is 5.95 Å². The molecule has 2 aromatic carbocycles. The number of phenolic OH excluding ortho intramolecular Hbond substituents is 1. The molecule has 1 amide bonds. The van der Waals surface area contributed by atoms with E-state index in [1.54, 1.807) is 42.3 Å². The van der Waals surface area contributed by atoms with Gasteiger partial charge in [0.05, 0.1) is 12.0 Å². The van der Waals surface area contributed by atoms with Crippen LogP contribution in [0.1, 0.15) is 34.5 Å². The van der Waals surface area contributed by atoms with Crippen molar-refractivity contribution < 1.29 is 14.3 Å². The minimum absolute atomic E-state index is 0.0176. The molecule has 198 valence electrons. The highest BCUT2D eigenvalue weighted by Gasteiger charge is 2.14. The standard InChI is InChI=1S/C30H29N5O4/c1-19-11-12-22(33-28(37)20-7-5-8-23(36)15-20)17-25(19)26-16-21-18-32-30(34-27(21)29(38)35(26)2)31-13-4-3-9-24-10-6-14-39-24/h5-8,10-12,14-18,36H,3-4,9,13H2,1-2H3,(H,33,37)(H,31,32,34). The summed E-state index contributed by atoms with van der Waals surface area (Å²) >= 11 is 0.